The minimum atomic E-state index is -0.857. The molecule has 0 atom stereocenters. The number of hydrogen-bond donors (Lipinski definition) is 2. The molecule has 0 aromatic heterocycles. The molecule has 3 rings (SSSR count). The third kappa shape index (κ3) is 5.45. The molecule has 142 valence electrons. The number of benzene rings is 3. The van der Waals surface area contributed by atoms with Crippen LogP contribution in [-0.4, -0.2) is 17.2 Å². The largest absolute Gasteiger partial charge is 0.481 e. The fraction of sp³-hybridized carbons (Fsp3) is 0.130. The normalized spacial score (nSPS) is 10.3. The summed E-state index contributed by atoms with van der Waals surface area (Å²) in [4.78, 5) is 23.2. The van der Waals surface area contributed by atoms with Crippen LogP contribution in [0.25, 0.3) is 11.1 Å². The number of carboxylic acids is 1. The smallest absolute Gasteiger partial charge is 0.411 e. The van der Waals surface area contributed by atoms with Crippen molar-refractivity contribution in [3.8, 4) is 11.1 Å². The van der Waals surface area contributed by atoms with Crippen molar-refractivity contribution in [3.05, 3.63) is 90.0 Å². The van der Waals surface area contributed by atoms with Crippen molar-refractivity contribution in [2.75, 3.05) is 5.32 Å². The van der Waals surface area contributed by atoms with Gasteiger partial charge in [-0.1, -0.05) is 72.8 Å². The van der Waals surface area contributed by atoms with Crippen LogP contribution in [-0.2, 0) is 22.6 Å². The molecule has 0 unspecified atom stereocenters. The van der Waals surface area contributed by atoms with Gasteiger partial charge in [0.05, 0.1) is 5.69 Å². The van der Waals surface area contributed by atoms with E-state index in [0.29, 0.717) is 12.1 Å². The molecule has 0 bridgehead atoms. The molecule has 2 N–H and O–H groups in total. The summed E-state index contributed by atoms with van der Waals surface area (Å²) >= 11 is 0. The molecule has 3 aromatic rings. The van der Waals surface area contributed by atoms with Gasteiger partial charge in [0.15, 0.2) is 0 Å². The average Bonchev–Trinajstić information content (AvgIpc) is 2.72. The van der Waals surface area contributed by atoms with Crippen LogP contribution in [0.4, 0.5) is 10.5 Å². The van der Waals surface area contributed by atoms with E-state index in [1.54, 1.807) is 6.07 Å². The highest BCUT2D eigenvalue weighted by Crippen LogP contribution is 2.29. The zero-order chi connectivity index (χ0) is 19.8. The fourth-order valence-corrected chi connectivity index (χ4v) is 2.84. The molecule has 5 nitrogen and oxygen atoms in total. The Morgan fingerprint density at radius 2 is 1.54 bits per heavy atom. The first-order valence-corrected chi connectivity index (χ1v) is 8.99. The molecule has 28 heavy (non-hydrogen) atoms. The summed E-state index contributed by atoms with van der Waals surface area (Å²) < 4.78 is 5.32. The molecular weight excluding hydrogens is 354 g/mol. The van der Waals surface area contributed by atoms with E-state index < -0.39 is 12.1 Å². The second kappa shape index (κ2) is 9.37. The number of amides is 1. The summed E-state index contributed by atoms with van der Waals surface area (Å²) in [5, 5.41) is 11.7. The van der Waals surface area contributed by atoms with E-state index in [1.807, 2.05) is 72.8 Å². The van der Waals surface area contributed by atoms with Gasteiger partial charge in [-0.2, -0.15) is 0 Å². The van der Waals surface area contributed by atoms with E-state index in [0.717, 1.165) is 22.3 Å². The van der Waals surface area contributed by atoms with Gasteiger partial charge in [0.2, 0.25) is 0 Å². The summed E-state index contributed by atoms with van der Waals surface area (Å²) in [6.07, 6.45) is -0.141. The van der Waals surface area contributed by atoms with Gasteiger partial charge < -0.3 is 9.84 Å². The summed E-state index contributed by atoms with van der Waals surface area (Å²) in [6, 6.07) is 24.7. The molecule has 1 amide bonds. The standard InChI is InChI=1S/C23H21NO4/c25-22(26)14-12-17-11-13-20(19-9-5-2-6-10-19)21(15-17)24-23(27)28-16-18-7-3-1-4-8-18/h1-11,13,15H,12,14,16H2,(H,24,27)(H,25,26). The Morgan fingerprint density at radius 1 is 0.857 bits per heavy atom. The first-order valence-electron chi connectivity index (χ1n) is 8.99. The zero-order valence-electron chi connectivity index (χ0n) is 15.3. The average molecular weight is 375 g/mol. The Morgan fingerprint density at radius 3 is 2.21 bits per heavy atom. The van der Waals surface area contributed by atoms with Crippen molar-refractivity contribution in [3.63, 3.8) is 0 Å². The number of carboxylic acid groups (broad SMARTS) is 1. The van der Waals surface area contributed by atoms with Gasteiger partial charge in [0.25, 0.3) is 0 Å². The second-order valence-electron chi connectivity index (χ2n) is 6.33. The summed E-state index contributed by atoms with van der Waals surface area (Å²) in [6.45, 7) is 0.173. The Balaban J connectivity index is 1.78. The van der Waals surface area contributed by atoms with Crippen molar-refractivity contribution in [1.29, 1.82) is 0 Å². The number of rotatable bonds is 7. The number of anilines is 1. The minimum Gasteiger partial charge on any atom is -0.481 e. The first kappa shape index (κ1) is 19.2. The predicted octanol–water partition coefficient (Wildman–Crippen LogP) is 5.12. The van der Waals surface area contributed by atoms with Crippen molar-refractivity contribution in [2.24, 2.45) is 0 Å². The topological polar surface area (TPSA) is 75.6 Å². The Hall–Kier alpha value is -3.60. The number of nitrogens with one attached hydrogen (secondary N) is 1. The van der Waals surface area contributed by atoms with E-state index in [-0.39, 0.29) is 13.0 Å². The van der Waals surface area contributed by atoms with Crippen molar-refractivity contribution in [2.45, 2.75) is 19.4 Å². The van der Waals surface area contributed by atoms with Crippen LogP contribution in [0.3, 0.4) is 0 Å². The third-order valence-corrected chi connectivity index (χ3v) is 4.25. The second-order valence-corrected chi connectivity index (χ2v) is 6.33. The number of carbonyl (C=O) groups is 2. The third-order valence-electron chi connectivity index (χ3n) is 4.25. The molecular formula is C23H21NO4. The number of hydrogen-bond acceptors (Lipinski definition) is 3. The fourth-order valence-electron chi connectivity index (χ4n) is 2.84. The molecule has 0 radical (unpaired) electrons. The molecule has 3 aromatic carbocycles. The molecule has 0 saturated carbocycles. The van der Waals surface area contributed by atoms with Gasteiger partial charge in [-0.05, 0) is 29.2 Å². The van der Waals surface area contributed by atoms with Crippen LogP contribution < -0.4 is 5.32 Å². The number of aryl methyl sites for hydroxylation is 1. The molecule has 5 heteroatoms. The van der Waals surface area contributed by atoms with Crippen molar-refractivity contribution in [1.82, 2.24) is 0 Å². The lowest BCUT2D eigenvalue weighted by molar-refractivity contribution is -0.136. The maximum absolute atomic E-state index is 12.3. The summed E-state index contributed by atoms with van der Waals surface area (Å²) in [7, 11) is 0. The lowest BCUT2D eigenvalue weighted by Gasteiger charge is -2.14. The number of aliphatic carboxylic acids is 1. The van der Waals surface area contributed by atoms with Crippen LogP contribution in [0, 0.1) is 0 Å². The maximum atomic E-state index is 12.3. The lowest BCUT2D eigenvalue weighted by atomic mass is 9.99. The quantitative estimate of drug-likeness (QED) is 0.601. The maximum Gasteiger partial charge on any atom is 0.411 e. The van der Waals surface area contributed by atoms with E-state index in [2.05, 4.69) is 5.32 Å². The monoisotopic (exact) mass is 375 g/mol. The molecule has 0 aliphatic heterocycles. The molecule has 0 fully saturated rings. The lowest BCUT2D eigenvalue weighted by Crippen LogP contribution is -2.14. The highest BCUT2D eigenvalue weighted by Gasteiger charge is 2.11. The Kier molecular flexibility index (Phi) is 6.41. The van der Waals surface area contributed by atoms with Crippen LogP contribution in [0.5, 0.6) is 0 Å². The first-order chi connectivity index (χ1) is 13.6. The highest BCUT2D eigenvalue weighted by atomic mass is 16.5. The number of carbonyl (C=O) groups excluding carboxylic acids is 1. The van der Waals surface area contributed by atoms with Crippen LogP contribution in [0.1, 0.15) is 17.5 Å². The zero-order valence-corrected chi connectivity index (χ0v) is 15.3. The predicted molar refractivity (Wildman–Crippen MR) is 108 cm³/mol. The molecule has 0 heterocycles. The van der Waals surface area contributed by atoms with Crippen LogP contribution in [0.15, 0.2) is 78.9 Å². The Labute approximate surface area is 163 Å². The van der Waals surface area contributed by atoms with E-state index in [1.165, 1.54) is 0 Å². The minimum absolute atomic E-state index is 0.0303. The van der Waals surface area contributed by atoms with Crippen molar-refractivity contribution < 1.29 is 19.4 Å². The summed E-state index contributed by atoms with van der Waals surface area (Å²) in [5.74, 6) is -0.857. The van der Waals surface area contributed by atoms with Gasteiger partial charge in [-0.25, -0.2) is 4.79 Å². The molecule has 0 saturated heterocycles. The van der Waals surface area contributed by atoms with E-state index in [4.69, 9.17) is 9.84 Å². The molecule has 0 aliphatic carbocycles. The highest BCUT2D eigenvalue weighted by molar-refractivity contribution is 5.91. The van der Waals surface area contributed by atoms with Gasteiger partial charge in [-0.15, -0.1) is 0 Å². The molecule has 0 spiro atoms. The summed E-state index contributed by atoms with van der Waals surface area (Å²) in [5.41, 5.74) is 4.12. The SMILES string of the molecule is O=C(O)CCc1ccc(-c2ccccc2)c(NC(=O)OCc2ccccc2)c1. The van der Waals surface area contributed by atoms with Gasteiger partial charge in [0, 0.05) is 12.0 Å². The van der Waals surface area contributed by atoms with Crippen molar-refractivity contribution >= 4 is 17.7 Å². The van der Waals surface area contributed by atoms with Crippen LogP contribution >= 0.6 is 0 Å². The van der Waals surface area contributed by atoms with Gasteiger partial charge >= 0.3 is 12.1 Å². The van der Waals surface area contributed by atoms with E-state index >= 15 is 0 Å². The Bertz CT molecular complexity index is 939. The number of ether oxygens (including phenoxy) is 1. The van der Waals surface area contributed by atoms with E-state index in [9.17, 15) is 9.59 Å². The molecule has 0 aliphatic rings. The van der Waals surface area contributed by atoms with Gasteiger partial charge in [0.1, 0.15) is 6.61 Å². The van der Waals surface area contributed by atoms with Gasteiger partial charge in [-0.3, -0.25) is 10.1 Å². The van der Waals surface area contributed by atoms with Crippen LogP contribution in [0.2, 0.25) is 0 Å².